The molecule has 0 unspecified atom stereocenters. The molecule has 2 rings (SSSR count). The summed E-state index contributed by atoms with van der Waals surface area (Å²) >= 11 is 0. The zero-order valence-corrected chi connectivity index (χ0v) is 13.8. The van der Waals surface area contributed by atoms with Crippen LogP contribution in [0.25, 0.3) is 11.1 Å². The average Bonchev–Trinajstić information content (AvgIpc) is 2.63. The largest absolute Gasteiger partial charge is 0.428 e. The summed E-state index contributed by atoms with van der Waals surface area (Å²) in [5, 5.41) is 12.5. The number of benzene rings is 2. The van der Waals surface area contributed by atoms with E-state index in [0.29, 0.717) is 5.71 Å². The highest BCUT2D eigenvalue weighted by atomic mass is 16.7. The fourth-order valence-corrected chi connectivity index (χ4v) is 2.21. The van der Waals surface area contributed by atoms with Gasteiger partial charge in [-0.25, -0.2) is 0 Å². The van der Waals surface area contributed by atoms with Crippen LogP contribution in [0.2, 0.25) is 0 Å². The van der Waals surface area contributed by atoms with E-state index in [2.05, 4.69) is 9.89 Å². The third-order valence-corrected chi connectivity index (χ3v) is 3.49. The van der Waals surface area contributed by atoms with Crippen LogP contribution in [0, 0.1) is 0 Å². The topological polar surface area (TPSA) is 85.2 Å². The minimum atomic E-state index is -0.539. The number of carbonyl (C=O) groups excluding carboxylic acids is 2. The molecule has 2 aromatic rings. The van der Waals surface area contributed by atoms with Gasteiger partial charge in [0.05, 0.1) is 12.1 Å². The Kier molecular flexibility index (Phi) is 6.71. The Bertz CT molecular complexity index is 738. The number of esters is 2. The molecule has 2 aromatic carbocycles. The quantitative estimate of drug-likeness (QED) is 0.274. The minimum absolute atomic E-state index is 0.0150. The van der Waals surface area contributed by atoms with Gasteiger partial charge in [0.15, 0.2) is 0 Å². The average molecular weight is 341 g/mol. The molecular weight excluding hydrogens is 322 g/mol. The fraction of sp³-hybridized carbons (Fsp3) is 0.211. The number of hydrogen-bond donors (Lipinski definition) is 1. The molecule has 25 heavy (non-hydrogen) atoms. The van der Waals surface area contributed by atoms with Crippen molar-refractivity contribution in [2.24, 2.45) is 5.16 Å². The van der Waals surface area contributed by atoms with Crippen molar-refractivity contribution >= 4 is 17.7 Å². The lowest BCUT2D eigenvalue weighted by atomic mass is 10.0. The number of rotatable bonds is 7. The highest BCUT2D eigenvalue weighted by Crippen LogP contribution is 2.20. The Morgan fingerprint density at radius 3 is 2.16 bits per heavy atom. The molecule has 0 bridgehead atoms. The lowest BCUT2D eigenvalue weighted by Crippen LogP contribution is -2.12. The van der Waals surface area contributed by atoms with E-state index in [0.717, 1.165) is 16.7 Å². The molecule has 1 N–H and O–H groups in total. The third kappa shape index (κ3) is 5.76. The van der Waals surface area contributed by atoms with E-state index in [9.17, 15) is 14.8 Å². The second-order valence-electron chi connectivity index (χ2n) is 5.26. The molecule has 6 heteroatoms. The van der Waals surface area contributed by atoms with Crippen LogP contribution in [0.1, 0.15) is 25.3 Å². The van der Waals surface area contributed by atoms with Crippen molar-refractivity contribution < 1.29 is 24.3 Å². The zero-order valence-electron chi connectivity index (χ0n) is 13.8. The second kappa shape index (κ2) is 9.22. The molecule has 0 amide bonds. The van der Waals surface area contributed by atoms with Gasteiger partial charge in [-0.2, -0.15) is 0 Å². The number of hydrogen-bond acceptors (Lipinski definition) is 6. The van der Waals surface area contributed by atoms with Crippen molar-refractivity contribution in [1.82, 2.24) is 0 Å². The fourth-order valence-electron chi connectivity index (χ4n) is 2.21. The Hall–Kier alpha value is -3.15. The Balaban J connectivity index is 1.92. The van der Waals surface area contributed by atoms with Crippen LogP contribution in [0.4, 0.5) is 0 Å². The highest BCUT2D eigenvalue weighted by Gasteiger charge is 2.10. The Labute approximate surface area is 145 Å². The maximum absolute atomic E-state index is 11.6. The molecule has 0 aliphatic carbocycles. The van der Waals surface area contributed by atoms with Gasteiger partial charge in [-0.15, -0.1) is 0 Å². The first-order chi connectivity index (χ1) is 12.1. The van der Waals surface area contributed by atoms with Crippen LogP contribution in [0.15, 0.2) is 59.8 Å². The molecule has 0 spiro atoms. The number of carbonyl (C=O) groups is 2. The molecule has 0 saturated carbocycles. The first-order valence-corrected chi connectivity index (χ1v) is 7.76. The number of ether oxygens (including phenoxy) is 2. The molecular formula is C19H19NO5. The first kappa shape index (κ1) is 18.2. The predicted octanol–water partition coefficient (Wildman–Crippen LogP) is 3.38. The molecule has 0 heterocycles. The van der Waals surface area contributed by atoms with Crippen molar-refractivity contribution in [1.29, 1.82) is 0 Å². The van der Waals surface area contributed by atoms with Crippen LogP contribution in [-0.4, -0.2) is 29.7 Å². The standard InChI is InChI=1S/C19H19NO5/c1-14(21)24-13-25-19(22)12-11-18(20-23)17-9-7-16(8-10-17)15-5-3-2-4-6-15/h2-10,23H,11-13H2,1H3/b20-18+. The summed E-state index contributed by atoms with van der Waals surface area (Å²) in [6.07, 6.45) is 0.223. The molecule has 0 saturated heterocycles. The predicted molar refractivity (Wildman–Crippen MR) is 92.2 cm³/mol. The maximum Gasteiger partial charge on any atom is 0.309 e. The monoisotopic (exact) mass is 341 g/mol. The normalized spacial score (nSPS) is 11.0. The second-order valence-corrected chi connectivity index (χ2v) is 5.26. The van der Waals surface area contributed by atoms with Gasteiger partial charge in [0.2, 0.25) is 6.79 Å². The van der Waals surface area contributed by atoms with Gasteiger partial charge in [-0.3, -0.25) is 9.59 Å². The van der Waals surface area contributed by atoms with Gasteiger partial charge < -0.3 is 14.7 Å². The van der Waals surface area contributed by atoms with Crippen molar-refractivity contribution in [2.45, 2.75) is 19.8 Å². The van der Waals surface area contributed by atoms with E-state index in [1.54, 1.807) is 0 Å². The minimum Gasteiger partial charge on any atom is -0.428 e. The molecule has 0 aromatic heterocycles. The first-order valence-electron chi connectivity index (χ1n) is 7.76. The molecule has 0 aliphatic heterocycles. The van der Waals surface area contributed by atoms with Gasteiger partial charge in [0.25, 0.3) is 0 Å². The molecule has 0 radical (unpaired) electrons. The van der Waals surface area contributed by atoms with E-state index < -0.39 is 18.7 Å². The molecule has 6 nitrogen and oxygen atoms in total. The van der Waals surface area contributed by atoms with Crippen molar-refractivity contribution in [3.05, 3.63) is 60.2 Å². The summed E-state index contributed by atoms with van der Waals surface area (Å²) in [5.74, 6) is -1.06. The van der Waals surface area contributed by atoms with E-state index in [1.165, 1.54) is 6.92 Å². The van der Waals surface area contributed by atoms with Crippen molar-refractivity contribution in [2.75, 3.05) is 6.79 Å². The van der Waals surface area contributed by atoms with Crippen molar-refractivity contribution in [3.8, 4) is 11.1 Å². The van der Waals surface area contributed by atoms with Crippen LogP contribution >= 0.6 is 0 Å². The maximum atomic E-state index is 11.6. The van der Waals surface area contributed by atoms with Crippen LogP contribution in [0.5, 0.6) is 0 Å². The Morgan fingerprint density at radius 1 is 0.920 bits per heavy atom. The zero-order chi connectivity index (χ0) is 18.1. The lowest BCUT2D eigenvalue weighted by Gasteiger charge is -2.07. The van der Waals surface area contributed by atoms with E-state index >= 15 is 0 Å². The van der Waals surface area contributed by atoms with Gasteiger partial charge in [0, 0.05) is 13.3 Å². The SMILES string of the molecule is CC(=O)OCOC(=O)CC/C(=N\O)c1ccc(-c2ccccc2)cc1. The van der Waals surface area contributed by atoms with Gasteiger partial charge in [-0.1, -0.05) is 59.8 Å². The number of nitrogens with zero attached hydrogens (tertiary/aromatic N) is 1. The van der Waals surface area contributed by atoms with E-state index in [4.69, 9.17) is 4.74 Å². The highest BCUT2D eigenvalue weighted by molar-refractivity contribution is 6.01. The van der Waals surface area contributed by atoms with Gasteiger partial charge >= 0.3 is 11.9 Å². The molecule has 0 aliphatic rings. The van der Waals surface area contributed by atoms with Crippen LogP contribution < -0.4 is 0 Å². The Morgan fingerprint density at radius 2 is 1.56 bits per heavy atom. The van der Waals surface area contributed by atoms with Gasteiger partial charge in [0.1, 0.15) is 0 Å². The third-order valence-electron chi connectivity index (χ3n) is 3.49. The molecule has 0 fully saturated rings. The van der Waals surface area contributed by atoms with Crippen LogP contribution in [-0.2, 0) is 19.1 Å². The van der Waals surface area contributed by atoms with Crippen LogP contribution in [0.3, 0.4) is 0 Å². The summed E-state index contributed by atoms with van der Waals surface area (Å²) in [7, 11) is 0. The van der Waals surface area contributed by atoms with Gasteiger partial charge in [-0.05, 0) is 16.7 Å². The smallest absolute Gasteiger partial charge is 0.309 e. The van der Waals surface area contributed by atoms with E-state index in [1.807, 2.05) is 54.6 Å². The summed E-state index contributed by atoms with van der Waals surface area (Å²) in [6.45, 7) is 0.814. The molecule has 130 valence electrons. The summed E-state index contributed by atoms with van der Waals surface area (Å²) in [6, 6.07) is 17.4. The molecule has 0 atom stereocenters. The lowest BCUT2D eigenvalue weighted by molar-refractivity contribution is -0.165. The van der Waals surface area contributed by atoms with Crippen molar-refractivity contribution in [3.63, 3.8) is 0 Å². The number of oxime groups is 1. The summed E-state index contributed by atoms with van der Waals surface area (Å²) in [5.41, 5.74) is 3.23. The summed E-state index contributed by atoms with van der Waals surface area (Å²) < 4.78 is 9.27. The summed E-state index contributed by atoms with van der Waals surface area (Å²) in [4.78, 5) is 22.2. The van der Waals surface area contributed by atoms with E-state index in [-0.39, 0.29) is 12.8 Å².